The van der Waals surface area contributed by atoms with Crippen LogP contribution in [0.2, 0.25) is 5.02 Å². The first-order valence-corrected chi connectivity index (χ1v) is 5.64. The van der Waals surface area contributed by atoms with Crippen LogP contribution in [-0.2, 0) is 9.59 Å². The molecule has 3 N–H and O–H groups in total. The summed E-state index contributed by atoms with van der Waals surface area (Å²) < 4.78 is 0. The van der Waals surface area contributed by atoms with E-state index in [4.69, 9.17) is 17.3 Å². The van der Waals surface area contributed by atoms with Crippen LogP contribution < -0.4 is 11.1 Å². The van der Waals surface area contributed by atoms with E-state index in [1.165, 1.54) is 0 Å². The Labute approximate surface area is 105 Å². The quantitative estimate of drug-likeness (QED) is 0.864. The zero-order chi connectivity index (χ0) is 13.0. The molecule has 0 saturated carbocycles. The molecule has 5 heteroatoms. The van der Waals surface area contributed by atoms with Crippen LogP contribution >= 0.6 is 11.6 Å². The first-order valence-electron chi connectivity index (χ1n) is 5.26. The lowest BCUT2D eigenvalue weighted by atomic mass is 10.1. The summed E-state index contributed by atoms with van der Waals surface area (Å²) in [6.07, 6.45) is 0.0707. The molecule has 0 spiro atoms. The molecule has 4 nitrogen and oxygen atoms in total. The molecule has 1 atom stereocenters. The van der Waals surface area contributed by atoms with Gasteiger partial charge in [-0.25, -0.2) is 0 Å². The van der Waals surface area contributed by atoms with E-state index in [1.807, 2.05) is 6.92 Å². The smallest absolute Gasteiger partial charge is 0.225 e. The van der Waals surface area contributed by atoms with Crippen LogP contribution in [0.1, 0.15) is 18.9 Å². The van der Waals surface area contributed by atoms with E-state index >= 15 is 0 Å². The number of primary amides is 1. The summed E-state index contributed by atoms with van der Waals surface area (Å²) >= 11 is 5.93. The number of benzene rings is 1. The van der Waals surface area contributed by atoms with Gasteiger partial charge in [-0.1, -0.05) is 24.6 Å². The van der Waals surface area contributed by atoms with Gasteiger partial charge < -0.3 is 11.1 Å². The van der Waals surface area contributed by atoms with Gasteiger partial charge in [0.05, 0.1) is 0 Å². The normalized spacial score (nSPS) is 11.9. The SMILES string of the molecule is Cc1c(Cl)cccc1NC(=O)CC(C)C(N)=O. The molecule has 0 fully saturated rings. The van der Waals surface area contributed by atoms with Gasteiger partial charge in [-0.3, -0.25) is 9.59 Å². The number of halogens is 1. The fraction of sp³-hybridized carbons (Fsp3) is 0.333. The predicted octanol–water partition coefficient (Wildman–Crippen LogP) is 2.10. The fourth-order valence-corrected chi connectivity index (χ4v) is 1.50. The molecule has 1 aromatic rings. The summed E-state index contributed by atoms with van der Waals surface area (Å²) in [7, 11) is 0. The highest BCUT2D eigenvalue weighted by Crippen LogP contribution is 2.23. The van der Waals surface area contributed by atoms with Crippen LogP contribution in [0.3, 0.4) is 0 Å². The molecule has 1 rings (SSSR count). The van der Waals surface area contributed by atoms with Crippen LogP contribution in [0.25, 0.3) is 0 Å². The topological polar surface area (TPSA) is 72.2 Å². The Morgan fingerprint density at radius 3 is 2.71 bits per heavy atom. The van der Waals surface area contributed by atoms with E-state index in [0.29, 0.717) is 10.7 Å². The minimum atomic E-state index is -0.483. The average Bonchev–Trinajstić information content (AvgIpc) is 2.24. The van der Waals surface area contributed by atoms with Gasteiger partial charge in [0.1, 0.15) is 0 Å². The third-order valence-electron chi connectivity index (χ3n) is 2.52. The summed E-state index contributed by atoms with van der Waals surface area (Å²) in [6.45, 7) is 3.43. The third-order valence-corrected chi connectivity index (χ3v) is 2.93. The van der Waals surface area contributed by atoms with Crippen molar-refractivity contribution < 1.29 is 9.59 Å². The zero-order valence-electron chi connectivity index (χ0n) is 9.79. The highest BCUT2D eigenvalue weighted by atomic mass is 35.5. The van der Waals surface area contributed by atoms with Gasteiger partial charge in [0.2, 0.25) is 11.8 Å². The monoisotopic (exact) mass is 254 g/mol. The average molecular weight is 255 g/mol. The lowest BCUT2D eigenvalue weighted by Gasteiger charge is -2.11. The van der Waals surface area contributed by atoms with Crippen molar-refractivity contribution in [2.75, 3.05) is 5.32 Å². The summed E-state index contributed by atoms with van der Waals surface area (Å²) in [5, 5.41) is 3.29. The largest absolute Gasteiger partial charge is 0.369 e. The van der Waals surface area contributed by atoms with Gasteiger partial charge in [-0.05, 0) is 24.6 Å². The minimum absolute atomic E-state index is 0.0707. The maximum Gasteiger partial charge on any atom is 0.225 e. The lowest BCUT2D eigenvalue weighted by Crippen LogP contribution is -2.25. The van der Waals surface area contributed by atoms with Crippen molar-refractivity contribution >= 4 is 29.1 Å². The molecular formula is C12H15ClN2O2. The Hall–Kier alpha value is -1.55. The fourth-order valence-electron chi connectivity index (χ4n) is 1.32. The summed E-state index contributed by atoms with van der Waals surface area (Å²) in [5.74, 6) is -1.21. The van der Waals surface area contributed by atoms with Gasteiger partial charge in [-0.2, -0.15) is 0 Å². The van der Waals surface area contributed by atoms with Gasteiger partial charge in [0.25, 0.3) is 0 Å². The number of carbonyl (C=O) groups excluding carboxylic acids is 2. The number of nitrogens with one attached hydrogen (secondary N) is 1. The van der Waals surface area contributed by atoms with Crippen LogP contribution in [-0.4, -0.2) is 11.8 Å². The molecule has 0 bridgehead atoms. The van der Waals surface area contributed by atoms with Crippen molar-refractivity contribution in [2.24, 2.45) is 11.7 Å². The Morgan fingerprint density at radius 2 is 2.12 bits per heavy atom. The number of anilines is 1. The van der Waals surface area contributed by atoms with E-state index in [1.54, 1.807) is 25.1 Å². The van der Waals surface area contributed by atoms with Crippen molar-refractivity contribution in [3.05, 3.63) is 28.8 Å². The van der Waals surface area contributed by atoms with Gasteiger partial charge in [0, 0.05) is 23.0 Å². The van der Waals surface area contributed by atoms with E-state index < -0.39 is 11.8 Å². The van der Waals surface area contributed by atoms with Crippen molar-refractivity contribution in [1.82, 2.24) is 0 Å². The maximum absolute atomic E-state index is 11.6. The molecule has 0 aliphatic heterocycles. The first-order chi connectivity index (χ1) is 7.91. The standard InChI is InChI=1S/C12H15ClN2O2/c1-7(12(14)17)6-11(16)15-10-5-3-4-9(13)8(10)2/h3-5,7H,6H2,1-2H3,(H2,14,17)(H,15,16). The van der Waals surface area contributed by atoms with Crippen LogP contribution in [0.5, 0.6) is 0 Å². The van der Waals surface area contributed by atoms with Crippen molar-refractivity contribution in [1.29, 1.82) is 0 Å². The molecule has 92 valence electrons. The second kappa shape index (κ2) is 5.68. The molecular weight excluding hydrogens is 240 g/mol. The van der Waals surface area contributed by atoms with Crippen molar-refractivity contribution in [2.45, 2.75) is 20.3 Å². The highest BCUT2D eigenvalue weighted by Gasteiger charge is 2.14. The molecule has 0 aliphatic rings. The first kappa shape index (κ1) is 13.5. The second-order valence-electron chi connectivity index (χ2n) is 3.97. The van der Waals surface area contributed by atoms with E-state index in [-0.39, 0.29) is 12.3 Å². The summed E-state index contributed by atoms with van der Waals surface area (Å²) in [5.41, 5.74) is 6.54. The Balaban J connectivity index is 2.69. The molecule has 2 amide bonds. The second-order valence-corrected chi connectivity index (χ2v) is 4.38. The molecule has 0 heterocycles. The number of nitrogens with two attached hydrogens (primary N) is 1. The molecule has 0 radical (unpaired) electrons. The Kier molecular flexibility index (Phi) is 4.52. The molecule has 1 unspecified atom stereocenters. The number of rotatable bonds is 4. The number of hydrogen-bond donors (Lipinski definition) is 2. The van der Waals surface area contributed by atoms with E-state index in [2.05, 4.69) is 5.32 Å². The molecule has 1 aromatic carbocycles. The van der Waals surface area contributed by atoms with Gasteiger partial charge in [0.15, 0.2) is 0 Å². The maximum atomic E-state index is 11.6. The number of amides is 2. The lowest BCUT2D eigenvalue weighted by molar-refractivity contribution is -0.125. The van der Waals surface area contributed by atoms with Gasteiger partial charge in [-0.15, -0.1) is 0 Å². The Bertz CT molecular complexity index is 446. The van der Waals surface area contributed by atoms with Crippen molar-refractivity contribution in [3.8, 4) is 0 Å². The molecule has 0 aromatic heterocycles. The number of hydrogen-bond acceptors (Lipinski definition) is 2. The Morgan fingerprint density at radius 1 is 1.47 bits per heavy atom. The zero-order valence-corrected chi connectivity index (χ0v) is 10.5. The summed E-state index contributed by atoms with van der Waals surface area (Å²) in [4.78, 5) is 22.5. The van der Waals surface area contributed by atoms with E-state index in [0.717, 1.165) is 5.56 Å². The third kappa shape index (κ3) is 3.75. The highest BCUT2D eigenvalue weighted by molar-refractivity contribution is 6.31. The predicted molar refractivity (Wildman–Crippen MR) is 67.8 cm³/mol. The molecule has 17 heavy (non-hydrogen) atoms. The van der Waals surface area contributed by atoms with Crippen LogP contribution in [0, 0.1) is 12.8 Å². The summed E-state index contributed by atoms with van der Waals surface area (Å²) in [6, 6.07) is 5.26. The van der Waals surface area contributed by atoms with Crippen LogP contribution in [0.4, 0.5) is 5.69 Å². The van der Waals surface area contributed by atoms with Crippen molar-refractivity contribution in [3.63, 3.8) is 0 Å². The van der Waals surface area contributed by atoms with Gasteiger partial charge >= 0.3 is 0 Å². The molecule has 0 saturated heterocycles. The minimum Gasteiger partial charge on any atom is -0.369 e. The molecule has 0 aliphatic carbocycles. The van der Waals surface area contributed by atoms with Crippen LogP contribution in [0.15, 0.2) is 18.2 Å². The van der Waals surface area contributed by atoms with E-state index in [9.17, 15) is 9.59 Å². The number of carbonyl (C=O) groups is 2.